The van der Waals surface area contributed by atoms with Gasteiger partial charge < -0.3 is 10.2 Å². The number of thiophene rings is 1. The molecule has 2 aliphatic rings. The number of benzene rings is 2. The van der Waals surface area contributed by atoms with Crippen molar-refractivity contribution in [2.75, 3.05) is 31.5 Å². The van der Waals surface area contributed by atoms with Gasteiger partial charge in [0.1, 0.15) is 6.07 Å². The first-order chi connectivity index (χ1) is 18.6. The van der Waals surface area contributed by atoms with Crippen molar-refractivity contribution in [2.24, 2.45) is 0 Å². The zero-order chi connectivity index (χ0) is 26.1. The highest BCUT2D eigenvalue weighted by Crippen LogP contribution is 2.35. The average molecular weight is 522 g/mol. The molecule has 0 saturated carbocycles. The zero-order valence-electron chi connectivity index (χ0n) is 22.3. The first kappa shape index (κ1) is 25.1. The third-order valence-corrected chi connectivity index (χ3v) is 9.29. The van der Waals surface area contributed by atoms with Crippen LogP contribution in [0, 0.1) is 25.2 Å². The van der Waals surface area contributed by atoms with Crippen LogP contribution in [0.15, 0.2) is 54.7 Å². The second-order valence-electron chi connectivity index (χ2n) is 10.9. The highest BCUT2D eigenvalue weighted by atomic mass is 32.1. The molecule has 0 atom stereocenters. The van der Waals surface area contributed by atoms with Crippen molar-refractivity contribution >= 4 is 33.6 Å². The minimum absolute atomic E-state index is 0.553. The van der Waals surface area contributed by atoms with Crippen LogP contribution >= 0.6 is 11.3 Å². The Morgan fingerprint density at radius 1 is 1.00 bits per heavy atom. The van der Waals surface area contributed by atoms with Gasteiger partial charge in [0, 0.05) is 52.7 Å². The standard InChI is InChI=1S/C32H35N5S/c1-22-5-9-29(23(2)17-22)35-32-25(19-33)20-34-30-18-24(6-8-28(30)32)31-10-7-27(38-31)21-36-15-11-26(12-16-36)37-13-3-4-14-37/h5-10,17-18,20,26H,3-4,11-16,21H2,1-2H3,(H,34,35). The fourth-order valence-corrected chi connectivity index (χ4v) is 7.09. The normalized spacial score (nSPS) is 17.2. The number of piperidine rings is 1. The van der Waals surface area contributed by atoms with Gasteiger partial charge in [0.25, 0.3) is 0 Å². The van der Waals surface area contributed by atoms with Crippen LogP contribution in [0.5, 0.6) is 0 Å². The summed E-state index contributed by atoms with van der Waals surface area (Å²) in [6.45, 7) is 10.2. The minimum Gasteiger partial charge on any atom is -0.354 e. The van der Waals surface area contributed by atoms with E-state index in [1.54, 1.807) is 6.20 Å². The van der Waals surface area contributed by atoms with Gasteiger partial charge in [-0.1, -0.05) is 29.8 Å². The van der Waals surface area contributed by atoms with Crippen molar-refractivity contribution in [3.8, 4) is 16.5 Å². The van der Waals surface area contributed by atoms with Crippen molar-refractivity contribution in [1.29, 1.82) is 5.26 Å². The molecule has 2 aromatic carbocycles. The second-order valence-corrected chi connectivity index (χ2v) is 12.0. The highest BCUT2D eigenvalue weighted by molar-refractivity contribution is 7.15. The van der Waals surface area contributed by atoms with Gasteiger partial charge in [-0.3, -0.25) is 9.88 Å². The molecule has 6 rings (SSSR count). The van der Waals surface area contributed by atoms with Crippen LogP contribution in [0.25, 0.3) is 21.3 Å². The van der Waals surface area contributed by atoms with Crippen molar-refractivity contribution in [3.05, 3.63) is 76.3 Å². The molecule has 6 heteroatoms. The third kappa shape index (κ3) is 5.19. The maximum atomic E-state index is 9.77. The van der Waals surface area contributed by atoms with Crippen LogP contribution in [-0.4, -0.2) is 47.0 Å². The maximum absolute atomic E-state index is 9.77. The van der Waals surface area contributed by atoms with E-state index >= 15 is 0 Å². The van der Waals surface area contributed by atoms with Crippen LogP contribution in [0.2, 0.25) is 0 Å². The van der Waals surface area contributed by atoms with E-state index in [4.69, 9.17) is 0 Å². The molecular formula is C32H35N5S. The number of aryl methyl sites for hydroxylation is 2. The topological polar surface area (TPSA) is 55.2 Å². The summed E-state index contributed by atoms with van der Waals surface area (Å²) >= 11 is 1.88. The van der Waals surface area contributed by atoms with E-state index in [0.29, 0.717) is 5.56 Å². The van der Waals surface area contributed by atoms with Gasteiger partial charge in [-0.2, -0.15) is 5.26 Å². The second kappa shape index (κ2) is 10.9. The molecule has 194 valence electrons. The smallest absolute Gasteiger partial charge is 0.103 e. The molecule has 0 unspecified atom stereocenters. The highest BCUT2D eigenvalue weighted by Gasteiger charge is 2.26. The Morgan fingerprint density at radius 2 is 1.82 bits per heavy atom. The molecule has 2 aliphatic heterocycles. The Labute approximate surface area is 229 Å². The Balaban J connectivity index is 1.19. The van der Waals surface area contributed by atoms with Gasteiger partial charge in [-0.15, -0.1) is 11.3 Å². The molecule has 2 aromatic heterocycles. The van der Waals surface area contributed by atoms with Gasteiger partial charge >= 0.3 is 0 Å². The maximum Gasteiger partial charge on any atom is 0.103 e. The quantitative estimate of drug-likeness (QED) is 0.289. The lowest BCUT2D eigenvalue weighted by molar-refractivity contribution is 0.123. The van der Waals surface area contributed by atoms with Gasteiger partial charge in [-0.25, -0.2) is 0 Å². The number of nitrogens with zero attached hydrogens (tertiary/aromatic N) is 4. The van der Waals surface area contributed by atoms with Gasteiger partial charge in [0.2, 0.25) is 0 Å². The monoisotopic (exact) mass is 521 g/mol. The van der Waals surface area contributed by atoms with E-state index in [0.717, 1.165) is 40.4 Å². The number of anilines is 2. The van der Waals surface area contributed by atoms with Crippen molar-refractivity contribution in [2.45, 2.75) is 52.1 Å². The van der Waals surface area contributed by atoms with Crippen LogP contribution in [0.4, 0.5) is 11.4 Å². The summed E-state index contributed by atoms with van der Waals surface area (Å²) in [5, 5.41) is 14.3. The number of rotatable bonds is 6. The summed E-state index contributed by atoms with van der Waals surface area (Å²) in [5.74, 6) is 0. The number of nitrogens with one attached hydrogen (secondary N) is 1. The average Bonchev–Trinajstić information content (AvgIpc) is 3.63. The summed E-state index contributed by atoms with van der Waals surface area (Å²) in [6, 6.07) is 20.4. The van der Waals surface area contributed by atoms with Crippen LogP contribution < -0.4 is 5.32 Å². The van der Waals surface area contributed by atoms with Crippen molar-refractivity contribution in [1.82, 2.24) is 14.8 Å². The molecular weight excluding hydrogens is 486 g/mol. The molecule has 38 heavy (non-hydrogen) atoms. The van der Waals surface area contributed by atoms with Crippen LogP contribution in [0.1, 0.15) is 47.3 Å². The number of fused-ring (bicyclic) bond motifs is 1. The number of pyridine rings is 1. The lowest BCUT2D eigenvalue weighted by Gasteiger charge is -2.36. The Hall–Kier alpha value is -3.24. The first-order valence-corrected chi connectivity index (χ1v) is 14.6. The van der Waals surface area contributed by atoms with Crippen LogP contribution in [-0.2, 0) is 6.54 Å². The molecule has 0 amide bonds. The third-order valence-electron chi connectivity index (χ3n) is 8.17. The number of hydrogen-bond donors (Lipinski definition) is 1. The summed E-state index contributed by atoms with van der Waals surface area (Å²) < 4.78 is 0. The van der Waals surface area contributed by atoms with E-state index in [1.165, 1.54) is 72.7 Å². The predicted octanol–water partition coefficient (Wildman–Crippen LogP) is 7.26. The summed E-state index contributed by atoms with van der Waals surface area (Å²) in [4.78, 5) is 12.7. The Bertz CT molecular complexity index is 1490. The van der Waals surface area contributed by atoms with Gasteiger partial charge in [-0.05, 0) is 88.0 Å². The van der Waals surface area contributed by atoms with E-state index in [2.05, 4.69) is 88.5 Å². The SMILES string of the molecule is Cc1ccc(Nc2c(C#N)cnc3cc(-c4ccc(CN5CCC(N6CCCC6)CC5)s4)ccc23)c(C)c1. The van der Waals surface area contributed by atoms with E-state index in [1.807, 2.05) is 11.3 Å². The van der Waals surface area contributed by atoms with Crippen LogP contribution in [0.3, 0.4) is 0 Å². The largest absolute Gasteiger partial charge is 0.354 e. The summed E-state index contributed by atoms with van der Waals surface area (Å²) in [7, 11) is 0. The number of hydrogen-bond acceptors (Lipinski definition) is 6. The summed E-state index contributed by atoms with van der Waals surface area (Å²) in [6.07, 6.45) is 7.05. The molecule has 2 saturated heterocycles. The van der Waals surface area contributed by atoms with Crippen molar-refractivity contribution in [3.63, 3.8) is 0 Å². The van der Waals surface area contributed by atoms with Gasteiger partial charge in [0.15, 0.2) is 0 Å². The predicted molar refractivity (Wildman–Crippen MR) is 158 cm³/mol. The number of nitriles is 1. The van der Waals surface area contributed by atoms with Gasteiger partial charge in [0.05, 0.1) is 16.8 Å². The Kier molecular flexibility index (Phi) is 7.16. The summed E-state index contributed by atoms with van der Waals surface area (Å²) in [5.41, 5.74) is 6.83. The minimum atomic E-state index is 0.553. The van der Waals surface area contributed by atoms with E-state index in [-0.39, 0.29) is 0 Å². The zero-order valence-corrected chi connectivity index (χ0v) is 23.2. The first-order valence-electron chi connectivity index (χ1n) is 13.8. The molecule has 5 nitrogen and oxygen atoms in total. The fraction of sp³-hybridized carbons (Fsp3) is 0.375. The Morgan fingerprint density at radius 3 is 2.58 bits per heavy atom. The lowest BCUT2D eigenvalue weighted by atomic mass is 10.0. The number of aromatic nitrogens is 1. The molecule has 2 fully saturated rings. The molecule has 1 N–H and O–H groups in total. The molecule has 0 bridgehead atoms. The van der Waals surface area contributed by atoms with Crippen molar-refractivity contribution < 1.29 is 0 Å². The molecule has 4 heterocycles. The lowest BCUT2D eigenvalue weighted by Crippen LogP contribution is -2.43. The van der Waals surface area contributed by atoms with E-state index in [9.17, 15) is 5.26 Å². The molecule has 4 aromatic rings. The fourth-order valence-electron chi connectivity index (χ4n) is 6.04. The van der Waals surface area contributed by atoms with E-state index < -0.39 is 0 Å². The molecule has 0 spiro atoms. The number of likely N-dealkylation sites (tertiary alicyclic amines) is 2. The molecule has 0 aliphatic carbocycles. The molecule has 0 radical (unpaired) electrons.